The molecule has 0 bridgehead atoms. The molecule has 3 fully saturated rings. The summed E-state index contributed by atoms with van der Waals surface area (Å²) >= 11 is 12.1. The lowest BCUT2D eigenvalue weighted by molar-refractivity contribution is 0.287. The van der Waals surface area contributed by atoms with Crippen LogP contribution in [0.25, 0.3) is 43.6 Å². The summed E-state index contributed by atoms with van der Waals surface area (Å²) in [6, 6.07) is 57.6. The fourth-order valence-corrected chi connectivity index (χ4v) is 15.0. The predicted octanol–water partition coefficient (Wildman–Crippen LogP) is 17.7. The third kappa shape index (κ3) is 21.9. The number of nitrogens with one attached hydrogen (secondary N) is 4. The van der Waals surface area contributed by atoms with Gasteiger partial charge >= 0.3 is 0 Å². The Bertz CT molecular complexity index is 5600. The number of halogens is 2. The number of piperazine rings is 2. The molecule has 0 saturated carbocycles. The van der Waals surface area contributed by atoms with Gasteiger partial charge in [-0.1, -0.05) is 95.0 Å². The number of anilines is 10. The molecule has 0 aliphatic carbocycles. The van der Waals surface area contributed by atoms with Gasteiger partial charge in [0.25, 0.3) is 0 Å². The maximum Gasteiger partial charge on any atom is 0.227 e. The van der Waals surface area contributed by atoms with Gasteiger partial charge in [-0.15, -0.1) is 0 Å². The van der Waals surface area contributed by atoms with Gasteiger partial charge in [-0.2, -0.15) is 9.97 Å². The van der Waals surface area contributed by atoms with E-state index < -0.39 is 0 Å². The number of aromatic nitrogens is 12. The second-order valence-corrected chi connectivity index (χ2v) is 30.7. The first-order valence-electron chi connectivity index (χ1n) is 40.3. The Balaban J connectivity index is 0.000000128. The number of rotatable bonds is 23. The van der Waals surface area contributed by atoms with E-state index in [1.54, 1.807) is 18.6 Å². The Labute approximate surface area is 689 Å². The first-order valence-corrected chi connectivity index (χ1v) is 41.0. The van der Waals surface area contributed by atoms with E-state index >= 15 is 0 Å². The smallest absolute Gasteiger partial charge is 0.227 e. The van der Waals surface area contributed by atoms with Crippen molar-refractivity contribution in [1.82, 2.24) is 59.8 Å². The van der Waals surface area contributed by atoms with Crippen LogP contribution in [0.15, 0.2) is 207 Å². The summed E-state index contributed by atoms with van der Waals surface area (Å²) in [4.78, 5) is 66.6. The zero-order chi connectivity index (χ0) is 80.1. The van der Waals surface area contributed by atoms with Gasteiger partial charge in [-0.3, -0.25) is 19.9 Å². The van der Waals surface area contributed by atoms with Gasteiger partial charge in [0.1, 0.15) is 29.1 Å². The van der Waals surface area contributed by atoms with E-state index in [0.29, 0.717) is 28.8 Å². The van der Waals surface area contributed by atoms with Crippen molar-refractivity contribution in [3.05, 3.63) is 274 Å². The van der Waals surface area contributed by atoms with E-state index in [9.17, 15) is 0 Å². The standard InChI is InChI=1S/C24H23ClN4.C23H23ClN6.C23H28N6.C22H27N5O/c1-17-4-6-18(7-5-17)15-20-10-13-28-24(29-20)3-2-12-26-22-11-14-27-23-16-19(25)8-9-21(22)23;1-16-3-6-18(7-4-16)29-22-10-14-28-23(30-22)27-12-2-11-25-20-9-13-26-21-15-17(24)5-8-19(20)21;1-17-5-6-19-20(15-17)24-8-7-21(19)27-11-13-28(14-12-27)22-16-18(2)25-23(26-22)29-9-3-4-10-29;1-16-5-6-18-19(14-16)23-8-7-20(18)26-9-11-27(12-10-26)22-15-17(2)24-21(25-22)4-3-13-28/h4-11,13-14,16H,2-3,12,15H2,1H3,(H,26,27);3-10,13-15H,2,11-12H2,1H3,(H,25,26)(H2,27,28,29,30);5-8,15-16H,3-4,9-14H2,1-2H3;5-8,14-15,28H,3-4,9-13H2,1-2H3. The molecule has 0 radical (unpaired) electrons. The fourth-order valence-electron chi connectivity index (χ4n) is 14.7. The van der Waals surface area contributed by atoms with Crippen LogP contribution < -0.4 is 45.8 Å². The van der Waals surface area contributed by atoms with Gasteiger partial charge in [-0.25, -0.2) is 29.9 Å². The first kappa shape index (κ1) is 80.6. The quantitative estimate of drug-likeness (QED) is 0.0374. The highest BCUT2D eigenvalue weighted by Gasteiger charge is 2.25. The topological polar surface area (TPSA) is 239 Å². The molecule has 0 spiro atoms. The third-order valence-electron chi connectivity index (χ3n) is 20.8. The van der Waals surface area contributed by atoms with Crippen molar-refractivity contribution < 1.29 is 5.11 Å². The Hall–Kier alpha value is -12.0. The maximum atomic E-state index is 9.07. The first-order chi connectivity index (χ1) is 56.6. The lowest BCUT2D eigenvalue weighted by Crippen LogP contribution is -2.47. The largest absolute Gasteiger partial charge is 0.396 e. The molecule has 5 N–H and O–H groups in total. The molecule has 0 unspecified atom stereocenters. The van der Waals surface area contributed by atoms with Crippen molar-refractivity contribution in [2.24, 2.45) is 0 Å². The molecule has 8 aromatic heterocycles. The molecule has 14 aromatic rings. The second-order valence-electron chi connectivity index (χ2n) is 29.8. The van der Waals surface area contributed by atoms with E-state index in [1.807, 2.05) is 98.3 Å². The minimum Gasteiger partial charge on any atom is -0.396 e. The molecule has 22 nitrogen and oxygen atoms in total. The third-order valence-corrected chi connectivity index (χ3v) is 21.3. The van der Waals surface area contributed by atoms with Crippen molar-refractivity contribution in [3.63, 3.8) is 0 Å². The van der Waals surface area contributed by atoms with Crippen LogP contribution in [-0.2, 0) is 19.3 Å². The normalized spacial score (nSPS) is 13.4. The number of aryl methyl sites for hydroxylation is 8. The zero-order valence-electron chi connectivity index (χ0n) is 67.0. The van der Waals surface area contributed by atoms with Gasteiger partial charge in [0, 0.05) is 237 Å². The molecular weight excluding hydrogens is 1490 g/mol. The van der Waals surface area contributed by atoms with Crippen LogP contribution in [-0.4, -0.2) is 157 Å². The van der Waals surface area contributed by atoms with E-state index in [-0.39, 0.29) is 6.61 Å². The predicted molar refractivity (Wildman–Crippen MR) is 477 cm³/mol. The highest BCUT2D eigenvalue weighted by Crippen LogP contribution is 2.33. The molecule has 0 atom stereocenters. The monoisotopic (exact) mass is 1590 g/mol. The molecule has 594 valence electrons. The summed E-state index contributed by atoms with van der Waals surface area (Å²) in [7, 11) is 0. The minimum absolute atomic E-state index is 0.171. The van der Waals surface area contributed by atoms with E-state index in [4.69, 9.17) is 43.3 Å². The van der Waals surface area contributed by atoms with Crippen LogP contribution in [0.5, 0.6) is 0 Å². The van der Waals surface area contributed by atoms with Gasteiger partial charge in [0.2, 0.25) is 11.9 Å². The fraction of sp³-hybridized carbons (Fsp3) is 0.304. The number of aliphatic hydroxyl groups is 1. The number of aliphatic hydroxyl groups excluding tert-OH is 1. The molecule has 3 aliphatic heterocycles. The number of hydrogen-bond acceptors (Lipinski definition) is 22. The minimum atomic E-state index is 0.171. The van der Waals surface area contributed by atoms with Gasteiger partial charge in [0.05, 0.1) is 22.1 Å². The Morgan fingerprint density at radius 1 is 0.371 bits per heavy atom. The molecule has 0 amide bonds. The molecule has 24 heteroatoms. The molecule has 17 rings (SSSR count). The van der Waals surface area contributed by atoms with E-state index in [2.05, 4.69) is 222 Å². The Morgan fingerprint density at radius 2 is 0.853 bits per heavy atom. The molecule has 3 saturated heterocycles. The van der Waals surface area contributed by atoms with Gasteiger partial charge in [0.15, 0.2) is 0 Å². The number of pyridine rings is 4. The highest BCUT2D eigenvalue weighted by molar-refractivity contribution is 6.31. The maximum absolute atomic E-state index is 9.07. The van der Waals surface area contributed by atoms with Crippen molar-refractivity contribution in [1.29, 1.82) is 0 Å². The lowest BCUT2D eigenvalue weighted by Gasteiger charge is -2.37. The van der Waals surface area contributed by atoms with Crippen LogP contribution in [0.3, 0.4) is 0 Å². The van der Waals surface area contributed by atoms with Gasteiger partial charge < -0.3 is 50.9 Å². The zero-order valence-corrected chi connectivity index (χ0v) is 68.5. The van der Waals surface area contributed by atoms with E-state index in [0.717, 1.165) is 213 Å². The molecule has 11 heterocycles. The molecule has 6 aromatic carbocycles. The SMILES string of the molecule is Cc1ccc(Cc2ccnc(CCCNc3ccnc4cc(Cl)ccc34)n2)cc1.Cc1ccc(Nc2ccnc(NCCCNc3ccnc4cc(Cl)ccc34)n2)cc1.Cc1ccc2c(N3CCN(c4cc(C)nc(CCCO)n4)CC3)ccnc2c1.Cc1ccc2c(N3CCN(c4cc(C)nc(N5CCCC5)n4)CC3)ccnc2c1. The average molecular weight is 1590 g/mol. The van der Waals surface area contributed by atoms with Crippen LogP contribution in [0, 0.1) is 41.5 Å². The molecule has 3 aliphatic rings. The van der Waals surface area contributed by atoms with Crippen LogP contribution in [0.4, 0.5) is 57.8 Å². The van der Waals surface area contributed by atoms with Crippen molar-refractivity contribution in [3.8, 4) is 0 Å². The summed E-state index contributed by atoms with van der Waals surface area (Å²) in [6.45, 7) is 24.8. The average Bonchev–Trinajstić information content (AvgIpc) is 0.962. The second kappa shape index (κ2) is 39.4. The van der Waals surface area contributed by atoms with Crippen molar-refractivity contribution in [2.75, 3.05) is 137 Å². The van der Waals surface area contributed by atoms with Gasteiger partial charge in [-0.05, 0) is 187 Å². The Morgan fingerprint density at radius 3 is 1.44 bits per heavy atom. The number of fused-ring (bicyclic) bond motifs is 4. The summed E-state index contributed by atoms with van der Waals surface area (Å²) in [5, 5.41) is 28.6. The van der Waals surface area contributed by atoms with E-state index in [1.165, 1.54) is 62.8 Å². The summed E-state index contributed by atoms with van der Waals surface area (Å²) in [5.41, 5.74) is 18.9. The van der Waals surface area contributed by atoms with Crippen LogP contribution in [0.2, 0.25) is 10.0 Å². The van der Waals surface area contributed by atoms with Crippen molar-refractivity contribution >= 4 is 125 Å². The van der Waals surface area contributed by atoms with Crippen molar-refractivity contribution in [2.45, 2.75) is 92.9 Å². The lowest BCUT2D eigenvalue weighted by atomic mass is 10.1. The highest BCUT2D eigenvalue weighted by atomic mass is 35.5. The number of benzene rings is 6. The number of nitrogens with zero attached hydrogens (tertiary/aromatic N) is 17. The molecule has 116 heavy (non-hydrogen) atoms. The molecular formula is C92H101Cl2N21O. The van der Waals surface area contributed by atoms with Crippen LogP contribution >= 0.6 is 23.2 Å². The van der Waals surface area contributed by atoms with Crippen LogP contribution in [0.1, 0.15) is 88.7 Å². The summed E-state index contributed by atoms with van der Waals surface area (Å²) in [5.74, 6) is 6.04. The number of hydrogen-bond donors (Lipinski definition) is 5. The summed E-state index contributed by atoms with van der Waals surface area (Å²) in [6.07, 6.45) is 18.5. The summed E-state index contributed by atoms with van der Waals surface area (Å²) < 4.78 is 0. The Kier molecular flexibility index (Phi) is 27.4.